The van der Waals surface area contributed by atoms with Crippen molar-refractivity contribution in [3.8, 4) is 0 Å². The molecule has 0 amide bonds. The van der Waals surface area contributed by atoms with E-state index in [2.05, 4.69) is 0 Å². The highest BCUT2D eigenvalue weighted by atomic mass is 35.5. The van der Waals surface area contributed by atoms with Crippen LogP contribution in [-0.4, -0.2) is 0 Å². The molecule has 72 valence electrons. The van der Waals surface area contributed by atoms with E-state index in [9.17, 15) is 13.2 Å². The van der Waals surface area contributed by atoms with Gasteiger partial charge in [0.15, 0.2) is 11.6 Å². The Labute approximate surface area is 87.2 Å². The molecule has 0 bridgehead atoms. The fraction of sp³-hybridized carbons (Fsp3) is 0.143. The summed E-state index contributed by atoms with van der Waals surface area (Å²) in [5.41, 5.74) is -0.806. The molecule has 13 heavy (non-hydrogen) atoms. The molecule has 0 radical (unpaired) electrons. The summed E-state index contributed by atoms with van der Waals surface area (Å²) in [7, 11) is 0. The molecule has 0 N–H and O–H groups in total. The third kappa shape index (κ3) is 1.73. The van der Waals surface area contributed by atoms with Crippen molar-refractivity contribution >= 4 is 34.8 Å². The van der Waals surface area contributed by atoms with E-state index >= 15 is 0 Å². The van der Waals surface area contributed by atoms with Crippen molar-refractivity contribution in [2.24, 2.45) is 0 Å². The van der Waals surface area contributed by atoms with E-state index in [4.69, 9.17) is 34.8 Å². The highest BCUT2D eigenvalue weighted by Gasteiger charge is 2.21. The van der Waals surface area contributed by atoms with Gasteiger partial charge in [-0.05, 0) is 0 Å². The first-order valence-electron chi connectivity index (χ1n) is 3.07. The zero-order valence-electron chi connectivity index (χ0n) is 5.97. The lowest BCUT2D eigenvalue weighted by atomic mass is 10.2. The molecule has 0 aromatic heterocycles. The van der Waals surface area contributed by atoms with Gasteiger partial charge in [0.25, 0.3) is 0 Å². The van der Waals surface area contributed by atoms with E-state index in [1.54, 1.807) is 0 Å². The lowest BCUT2D eigenvalue weighted by molar-refractivity contribution is 0.440. The fourth-order valence-corrected chi connectivity index (χ4v) is 1.40. The van der Waals surface area contributed by atoms with E-state index in [-0.39, 0.29) is 0 Å². The van der Waals surface area contributed by atoms with Gasteiger partial charge < -0.3 is 0 Å². The van der Waals surface area contributed by atoms with Crippen LogP contribution in [0.2, 0.25) is 15.1 Å². The molecular weight excluding hydrogens is 247 g/mol. The summed E-state index contributed by atoms with van der Waals surface area (Å²) in [5, 5.41) is -1.59. The number of benzene rings is 1. The molecule has 0 nitrogen and oxygen atoms in total. The minimum Gasteiger partial charge on any atom is -0.246 e. The van der Waals surface area contributed by atoms with Crippen molar-refractivity contribution in [2.75, 3.05) is 0 Å². The Balaban J connectivity index is 3.56. The van der Waals surface area contributed by atoms with Crippen LogP contribution in [-0.2, 0) is 6.67 Å². The van der Waals surface area contributed by atoms with Crippen molar-refractivity contribution in [3.63, 3.8) is 0 Å². The molecule has 6 heteroatoms. The van der Waals surface area contributed by atoms with E-state index in [0.717, 1.165) is 0 Å². The van der Waals surface area contributed by atoms with E-state index in [1.165, 1.54) is 0 Å². The zero-order chi connectivity index (χ0) is 10.2. The number of halogens is 6. The molecule has 0 aliphatic rings. The highest BCUT2D eigenvalue weighted by molar-refractivity contribution is 6.48. The van der Waals surface area contributed by atoms with E-state index in [1.807, 2.05) is 0 Å². The molecule has 0 aliphatic carbocycles. The second kappa shape index (κ2) is 3.95. The summed E-state index contributed by atoms with van der Waals surface area (Å²) in [6.07, 6.45) is 0. The second-order valence-electron chi connectivity index (χ2n) is 2.18. The van der Waals surface area contributed by atoms with Crippen LogP contribution in [0, 0.1) is 11.6 Å². The molecular formula is C7H2Cl3F3. The summed E-state index contributed by atoms with van der Waals surface area (Å²) < 4.78 is 38.0. The zero-order valence-corrected chi connectivity index (χ0v) is 8.24. The SMILES string of the molecule is FCc1c(F)c(Cl)c(Cl)c(Cl)c1F. The van der Waals surface area contributed by atoms with Gasteiger partial charge in [-0.25, -0.2) is 13.2 Å². The van der Waals surface area contributed by atoms with Crippen molar-refractivity contribution in [2.45, 2.75) is 6.67 Å². The smallest absolute Gasteiger partial charge is 0.152 e. The monoisotopic (exact) mass is 248 g/mol. The minimum absolute atomic E-state index is 0.449. The molecule has 0 unspecified atom stereocenters. The topological polar surface area (TPSA) is 0 Å². The van der Waals surface area contributed by atoms with Gasteiger partial charge in [0.05, 0.1) is 20.6 Å². The third-order valence-corrected chi connectivity index (χ3v) is 2.72. The molecule has 0 spiro atoms. The first kappa shape index (κ1) is 11.0. The standard InChI is InChI=1S/C7H2Cl3F3/c8-3-4(9)6(12)2(1-11)7(13)5(3)10/h1H2. The molecule has 0 saturated heterocycles. The Morgan fingerprint density at radius 2 is 1.23 bits per heavy atom. The fourth-order valence-electron chi connectivity index (χ4n) is 0.768. The van der Waals surface area contributed by atoms with Crippen LogP contribution in [0.3, 0.4) is 0 Å². The third-order valence-electron chi connectivity index (χ3n) is 1.43. The number of rotatable bonds is 1. The van der Waals surface area contributed by atoms with E-state index in [0.29, 0.717) is 0 Å². The van der Waals surface area contributed by atoms with Crippen LogP contribution >= 0.6 is 34.8 Å². The highest BCUT2D eigenvalue weighted by Crippen LogP contribution is 2.37. The van der Waals surface area contributed by atoms with Crippen LogP contribution in [0.4, 0.5) is 13.2 Å². The van der Waals surface area contributed by atoms with Crippen molar-refractivity contribution in [1.82, 2.24) is 0 Å². The predicted molar refractivity (Wildman–Crippen MR) is 46.2 cm³/mol. The number of hydrogen-bond donors (Lipinski definition) is 0. The van der Waals surface area contributed by atoms with Crippen LogP contribution < -0.4 is 0 Å². The minimum atomic E-state index is -1.33. The maximum atomic E-state index is 12.9. The Kier molecular flexibility index (Phi) is 3.33. The second-order valence-corrected chi connectivity index (χ2v) is 3.32. The van der Waals surface area contributed by atoms with Crippen molar-refractivity contribution in [3.05, 3.63) is 32.3 Å². The van der Waals surface area contributed by atoms with Gasteiger partial charge in [-0.3, -0.25) is 0 Å². The molecule has 0 heterocycles. The van der Waals surface area contributed by atoms with Crippen molar-refractivity contribution < 1.29 is 13.2 Å². The van der Waals surface area contributed by atoms with Gasteiger partial charge >= 0.3 is 0 Å². The number of alkyl halides is 1. The normalized spacial score (nSPS) is 10.6. The van der Waals surface area contributed by atoms with Crippen molar-refractivity contribution in [1.29, 1.82) is 0 Å². The molecule has 0 fully saturated rings. The first-order chi connectivity index (χ1) is 6.00. The van der Waals surface area contributed by atoms with Gasteiger partial charge in [0.1, 0.15) is 6.67 Å². The Morgan fingerprint density at radius 1 is 0.846 bits per heavy atom. The van der Waals surface area contributed by atoms with Crippen LogP contribution in [0.1, 0.15) is 5.56 Å². The summed E-state index contributed by atoms with van der Waals surface area (Å²) in [6.45, 7) is -1.33. The quantitative estimate of drug-likeness (QED) is 0.511. The number of hydrogen-bond acceptors (Lipinski definition) is 0. The first-order valence-corrected chi connectivity index (χ1v) is 4.20. The summed E-state index contributed by atoms with van der Waals surface area (Å²) in [6, 6.07) is 0. The van der Waals surface area contributed by atoms with Gasteiger partial charge in [0.2, 0.25) is 0 Å². The lowest BCUT2D eigenvalue weighted by Gasteiger charge is -2.06. The van der Waals surface area contributed by atoms with Crippen LogP contribution in [0.5, 0.6) is 0 Å². The summed E-state index contributed by atoms with van der Waals surface area (Å²) >= 11 is 16.0. The lowest BCUT2D eigenvalue weighted by Crippen LogP contribution is -1.96. The summed E-state index contributed by atoms with van der Waals surface area (Å²) in [5.74, 6) is -2.42. The molecule has 0 saturated carbocycles. The van der Waals surface area contributed by atoms with Gasteiger partial charge in [-0.1, -0.05) is 34.8 Å². The molecule has 1 aromatic carbocycles. The maximum absolute atomic E-state index is 12.9. The predicted octanol–water partition coefficient (Wildman–Crippen LogP) is 4.39. The van der Waals surface area contributed by atoms with E-state index < -0.39 is 38.9 Å². The average Bonchev–Trinajstić information content (AvgIpc) is 2.13. The van der Waals surface area contributed by atoms with Gasteiger partial charge in [-0.15, -0.1) is 0 Å². The molecule has 1 rings (SSSR count). The van der Waals surface area contributed by atoms with Crippen LogP contribution in [0.25, 0.3) is 0 Å². The molecule has 1 aromatic rings. The average molecular weight is 249 g/mol. The maximum Gasteiger partial charge on any atom is 0.152 e. The Bertz CT molecular complexity index is 322. The summed E-state index contributed by atoms with van der Waals surface area (Å²) in [4.78, 5) is 0. The molecule has 0 atom stereocenters. The Morgan fingerprint density at radius 3 is 1.54 bits per heavy atom. The largest absolute Gasteiger partial charge is 0.246 e. The van der Waals surface area contributed by atoms with Gasteiger partial charge in [0, 0.05) is 0 Å². The van der Waals surface area contributed by atoms with Gasteiger partial charge in [-0.2, -0.15) is 0 Å². The molecule has 0 aliphatic heterocycles. The van der Waals surface area contributed by atoms with Crippen LogP contribution in [0.15, 0.2) is 0 Å². The Hall–Kier alpha value is -0.120.